The van der Waals surface area contributed by atoms with Gasteiger partial charge in [-0.15, -0.1) is 0 Å². The van der Waals surface area contributed by atoms with Gasteiger partial charge in [0.1, 0.15) is 10.8 Å². The van der Waals surface area contributed by atoms with E-state index in [-0.39, 0.29) is 5.91 Å². The Hall–Kier alpha value is -4.47. The zero-order valence-corrected chi connectivity index (χ0v) is 25.6. The zero-order chi connectivity index (χ0) is 34.4. The highest BCUT2D eigenvalue weighted by molar-refractivity contribution is 6.41. The fourth-order valence-corrected chi connectivity index (χ4v) is 5.01. The first-order valence-corrected chi connectivity index (χ1v) is 14.7. The van der Waals surface area contributed by atoms with Gasteiger partial charge in [-0.05, 0) is 73.4 Å². The van der Waals surface area contributed by atoms with Gasteiger partial charge < -0.3 is 20.3 Å². The van der Waals surface area contributed by atoms with E-state index in [1.165, 1.54) is 0 Å². The lowest BCUT2D eigenvalue weighted by atomic mass is 9.94. The number of nitrogens with one attached hydrogen (secondary N) is 2. The van der Waals surface area contributed by atoms with Gasteiger partial charge in [-0.3, -0.25) is 19.4 Å². The van der Waals surface area contributed by atoms with Crippen molar-refractivity contribution in [2.45, 2.75) is 51.4 Å². The molecule has 47 heavy (non-hydrogen) atoms. The second-order valence-corrected chi connectivity index (χ2v) is 11.2. The van der Waals surface area contributed by atoms with Gasteiger partial charge in [0.2, 0.25) is 11.9 Å². The predicted octanol–water partition coefficient (Wildman–Crippen LogP) is 6.39. The van der Waals surface area contributed by atoms with Crippen molar-refractivity contribution in [3.05, 3.63) is 59.0 Å². The maximum absolute atomic E-state index is 11.6. The number of ketones is 2. The number of benzene rings is 1. The molecule has 5 rings (SSSR count). The molecule has 2 N–H and O–H groups in total. The molecule has 4 heterocycles. The van der Waals surface area contributed by atoms with E-state index >= 15 is 0 Å². The van der Waals surface area contributed by atoms with Crippen LogP contribution in [0.3, 0.4) is 0 Å². The number of halogens is 7. The maximum Gasteiger partial charge on any atom is 0.458 e. The van der Waals surface area contributed by atoms with Gasteiger partial charge in [0.25, 0.3) is 0 Å². The first kappa shape index (κ1) is 35.4. The number of hydrogen-bond acceptors (Lipinski definition) is 9. The lowest BCUT2D eigenvalue weighted by Crippen LogP contribution is -2.39. The standard InChI is InChI=1S/C26H29ClN6O2.C4F6O2/c1-17(34)33-9-6-18(7-10-33)8-11-35-24-5-4-21-13-20(24)3-2-19-12-22(15-28-14-19)31-26-29-16-23(27)25(30-21)32-26;5-3(6,7)1(11)2(12)4(8,9)10/h4-5,12-16,18H,2-3,6-11H2,1H3,(H2,29,30,31,32);. The van der Waals surface area contributed by atoms with E-state index in [4.69, 9.17) is 16.3 Å². The van der Waals surface area contributed by atoms with Crippen molar-refractivity contribution in [2.75, 3.05) is 30.3 Å². The van der Waals surface area contributed by atoms with E-state index in [9.17, 15) is 40.7 Å². The maximum atomic E-state index is 11.6. The van der Waals surface area contributed by atoms with Crippen molar-refractivity contribution in [1.82, 2.24) is 19.9 Å². The number of rotatable bonds is 5. The number of anilines is 4. The minimum atomic E-state index is -5.77. The molecule has 3 aromatic rings. The number of carbonyl (C=O) groups excluding carboxylic acids is 3. The Morgan fingerprint density at radius 1 is 0.936 bits per heavy atom. The molecule has 1 amide bonds. The summed E-state index contributed by atoms with van der Waals surface area (Å²) in [5.74, 6) is -4.18. The number of aryl methyl sites for hydroxylation is 2. The molecule has 1 aromatic carbocycles. The Labute approximate surface area is 269 Å². The summed E-state index contributed by atoms with van der Waals surface area (Å²) in [5, 5.41) is 6.97. The van der Waals surface area contributed by atoms with Crippen LogP contribution < -0.4 is 15.4 Å². The molecule has 1 saturated heterocycles. The number of pyridine rings is 1. The van der Waals surface area contributed by atoms with E-state index in [1.54, 1.807) is 19.3 Å². The smallest absolute Gasteiger partial charge is 0.458 e. The fourth-order valence-electron chi connectivity index (χ4n) is 4.88. The lowest BCUT2D eigenvalue weighted by Gasteiger charge is -2.31. The third-order valence-electron chi connectivity index (χ3n) is 7.37. The summed E-state index contributed by atoms with van der Waals surface area (Å²) < 4.78 is 73.2. The molecule has 2 aliphatic rings. The van der Waals surface area contributed by atoms with Crippen LogP contribution in [0.15, 0.2) is 42.9 Å². The van der Waals surface area contributed by atoms with Crippen LogP contribution in [0.2, 0.25) is 5.02 Å². The molecule has 0 radical (unpaired) electrons. The second-order valence-electron chi connectivity index (χ2n) is 10.8. The second kappa shape index (κ2) is 15.0. The van der Waals surface area contributed by atoms with Crippen LogP contribution in [-0.4, -0.2) is 69.4 Å². The minimum absolute atomic E-state index is 0.171. The molecule has 0 unspecified atom stereocenters. The number of alkyl halides is 6. The summed E-state index contributed by atoms with van der Waals surface area (Å²) >= 11 is 6.36. The van der Waals surface area contributed by atoms with Crippen LogP contribution in [0, 0.1) is 5.92 Å². The largest absolute Gasteiger partial charge is 0.493 e. The van der Waals surface area contributed by atoms with E-state index in [0.717, 1.165) is 73.4 Å². The summed E-state index contributed by atoms with van der Waals surface area (Å²) in [6, 6.07) is 8.16. The molecule has 0 aliphatic carbocycles. The molecule has 2 aliphatic heterocycles. The monoisotopic (exact) mass is 686 g/mol. The van der Waals surface area contributed by atoms with Crippen LogP contribution in [0.25, 0.3) is 0 Å². The van der Waals surface area contributed by atoms with Crippen LogP contribution in [0.1, 0.15) is 37.3 Å². The van der Waals surface area contributed by atoms with E-state index < -0.39 is 23.9 Å². The Bertz CT molecular complexity index is 1590. The summed E-state index contributed by atoms with van der Waals surface area (Å²) in [6.07, 6.45) is -1.63. The van der Waals surface area contributed by atoms with Crippen molar-refractivity contribution >= 4 is 52.2 Å². The average molecular weight is 687 g/mol. The Morgan fingerprint density at radius 3 is 2.26 bits per heavy atom. The summed E-state index contributed by atoms with van der Waals surface area (Å²) in [4.78, 5) is 45.9. The summed E-state index contributed by atoms with van der Waals surface area (Å²) in [7, 11) is 0. The highest BCUT2D eigenvalue weighted by atomic mass is 35.5. The number of aromatic nitrogens is 3. The SMILES string of the molecule is CC(=O)N1CCC(CCOc2ccc3cc2CCc2cncc(c2)Nc2ncc(Cl)c(n2)N3)CC1.O=C(C(=O)C(F)(F)F)C(F)(F)F. The molecule has 17 heteroatoms. The number of nitrogens with zero attached hydrogens (tertiary/aromatic N) is 4. The first-order valence-electron chi connectivity index (χ1n) is 14.3. The third-order valence-corrected chi connectivity index (χ3v) is 7.64. The number of fused-ring (bicyclic) bond motifs is 6. The molecular weight excluding hydrogens is 658 g/mol. The number of likely N-dealkylation sites (tertiary alicyclic amines) is 1. The zero-order valence-electron chi connectivity index (χ0n) is 24.8. The topological polar surface area (TPSA) is 126 Å². The van der Waals surface area contributed by atoms with Gasteiger partial charge in [-0.1, -0.05) is 11.6 Å². The summed E-state index contributed by atoms with van der Waals surface area (Å²) in [5.41, 5.74) is 3.95. The van der Waals surface area contributed by atoms with Crippen LogP contribution in [0.4, 0.5) is 49.5 Å². The van der Waals surface area contributed by atoms with Crippen molar-refractivity contribution < 1.29 is 45.5 Å². The number of piperidine rings is 1. The van der Waals surface area contributed by atoms with Crippen LogP contribution >= 0.6 is 11.6 Å². The Morgan fingerprint density at radius 2 is 1.62 bits per heavy atom. The number of Topliss-reactive ketones (excluding diaryl/α,β-unsaturated/α-hetero) is 2. The van der Waals surface area contributed by atoms with E-state index in [1.807, 2.05) is 23.2 Å². The van der Waals surface area contributed by atoms with Crippen LogP contribution in [0.5, 0.6) is 5.75 Å². The molecule has 6 bridgehead atoms. The molecule has 10 nitrogen and oxygen atoms in total. The minimum Gasteiger partial charge on any atom is -0.493 e. The molecular formula is C30H29ClF6N6O4. The summed E-state index contributed by atoms with van der Waals surface area (Å²) in [6.45, 7) is 4.00. The van der Waals surface area contributed by atoms with Crippen molar-refractivity contribution in [3.8, 4) is 5.75 Å². The molecule has 2 aromatic heterocycles. The first-order chi connectivity index (χ1) is 22.1. The number of ether oxygens (including phenoxy) is 1. The van der Waals surface area contributed by atoms with Gasteiger partial charge in [-0.2, -0.15) is 31.3 Å². The number of amides is 1. The van der Waals surface area contributed by atoms with Gasteiger partial charge in [0, 0.05) is 31.9 Å². The predicted molar refractivity (Wildman–Crippen MR) is 159 cm³/mol. The highest BCUT2D eigenvalue weighted by Crippen LogP contribution is 2.31. The van der Waals surface area contributed by atoms with Crippen molar-refractivity contribution in [3.63, 3.8) is 0 Å². The van der Waals surface area contributed by atoms with Gasteiger partial charge >= 0.3 is 23.9 Å². The van der Waals surface area contributed by atoms with E-state index in [2.05, 4.69) is 37.7 Å². The Balaban J connectivity index is 0.000000356. The average Bonchev–Trinajstić information content (AvgIpc) is 3.01. The highest BCUT2D eigenvalue weighted by Gasteiger charge is 2.54. The van der Waals surface area contributed by atoms with Gasteiger partial charge in [-0.25, -0.2) is 4.98 Å². The Kier molecular flexibility index (Phi) is 11.3. The molecule has 1 fully saturated rings. The third kappa shape index (κ3) is 10.0. The number of carbonyl (C=O) groups is 3. The van der Waals surface area contributed by atoms with E-state index in [0.29, 0.717) is 29.3 Å². The van der Waals surface area contributed by atoms with Crippen molar-refractivity contribution in [1.29, 1.82) is 0 Å². The quantitative estimate of drug-likeness (QED) is 0.232. The molecule has 0 spiro atoms. The number of hydrogen-bond donors (Lipinski definition) is 2. The van der Waals surface area contributed by atoms with Gasteiger partial charge in [0.05, 0.1) is 24.7 Å². The fraction of sp³-hybridized carbons (Fsp3) is 0.400. The molecule has 0 atom stereocenters. The van der Waals surface area contributed by atoms with Crippen LogP contribution in [-0.2, 0) is 27.2 Å². The van der Waals surface area contributed by atoms with Crippen molar-refractivity contribution in [2.24, 2.45) is 5.92 Å². The normalized spacial score (nSPS) is 14.9. The lowest BCUT2D eigenvalue weighted by molar-refractivity contribution is -0.193. The molecule has 252 valence electrons. The van der Waals surface area contributed by atoms with Gasteiger partial charge in [0.15, 0.2) is 5.82 Å². The molecule has 0 saturated carbocycles.